The Hall–Kier alpha value is -1.42. The van der Waals surface area contributed by atoms with E-state index in [1.54, 1.807) is 0 Å². The molecule has 1 aromatic rings. The van der Waals surface area contributed by atoms with Gasteiger partial charge in [0.25, 0.3) is 0 Å². The van der Waals surface area contributed by atoms with Crippen LogP contribution in [0, 0.1) is 18.8 Å². The van der Waals surface area contributed by atoms with E-state index in [9.17, 15) is 9.59 Å². The molecule has 1 fully saturated rings. The van der Waals surface area contributed by atoms with E-state index in [1.165, 1.54) is 0 Å². The van der Waals surface area contributed by atoms with Crippen LogP contribution in [-0.4, -0.2) is 41.3 Å². The number of nitrogens with zero attached hydrogens (tertiary/aromatic N) is 2. The number of likely N-dealkylation sites (tertiary alicyclic amines) is 1. The summed E-state index contributed by atoms with van der Waals surface area (Å²) in [5, 5.41) is 0. The van der Waals surface area contributed by atoms with E-state index >= 15 is 0 Å². The maximum Gasteiger partial charge on any atom is 0.231 e. The smallest absolute Gasteiger partial charge is 0.231 e. The molecule has 3 rings (SSSR count). The first-order chi connectivity index (χ1) is 11.0. The summed E-state index contributed by atoms with van der Waals surface area (Å²) >= 11 is 0. The zero-order valence-corrected chi connectivity index (χ0v) is 14.8. The minimum Gasteiger partial charge on any atom is -0.306 e. The third kappa shape index (κ3) is 2.57. The van der Waals surface area contributed by atoms with Crippen LogP contribution in [0.3, 0.4) is 0 Å². The van der Waals surface area contributed by atoms with Crippen molar-refractivity contribution >= 4 is 11.7 Å². The predicted molar refractivity (Wildman–Crippen MR) is 91.2 cm³/mol. The van der Waals surface area contributed by atoms with Gasteiger partial charge in [0.15, 0.2) is 5.78 Å². The summed E-state index contributed by atoms with van der Waals surface area (Å²) in [5.74, 6) is 0.951. The fourth-order valence-corrected chi connectivity index (χ4v) is 4.52. The second kappa shape index (κ2) is 6.23. The lowest BCUT2D eigenvalue weighted by Gasteiger charge is -2.39. The van der Waals surface area contributed by atoms with Crippen LogP contribution in [-0.2, 0) is 12.8 Å². The van der Waals surface area contributed by atoms with Gasteiger partial charge in [-0.25, -0.2) is 0 Å². The highest BCUT2D eigenvalue weighted by Crippen LogP contribution is 2.39. The Kier molecular flexibility index (Phi) is 4.45. The average Bonchev–Trinajstić information content (AvgIpc) is 2.80. The molecule has 0 spiro atoms. The average molecular weight is 316 g/mol. The molecule has 1 saturated heterocycles. The van der Waals surface area contributed by atoms with Gasteiger partial charge in [-0.1, -0.05) is 13.8 Å². The maximum absolute atomic E-state index is 13.2. The van der Waals surface area contributed by atoms with Crippen LogP contribution in [0.15, 0.2) is 0 Å². The summed E-state index contributed by atoms with van der Waals surface area (Å²) in [6.07, 6.45) is 4.16. The van der Waals surface area contributed by atoms with Crippen LogP contribution in [0.1, 0.15) is 65.2 Å². The zero-order chi connectivity index (χ0) is 16.7. The highest BCUT2D eigenvalue weighted by atomic mass is 16.2. The molecule has 1 aliphatic carbocycles. The van der Waals surface area contributed by atoms with Gasteiger partial charge in [0.05, 0.1) is 0 Å². The molecule has 0 N–H and O–H groups in total. The highest BCUT2D eigenvalue weighted by molar-refractivity contribution is 6.03. The number of fused-ring (bicyclic) bond motifs is 2. The highest BCUT2D eigenvalue weighted by Gasteiger charge is 2.42. The SMILES string of the molecule is CCCC(=O)n1c(C)c(CC)c2c1CC1CCN(C)CC1C2=O. The molecule has 1 aliphatic heterocycles. The van der Waals surface area contributed by atoms with Gasteiger partial charge in [0.1, 0.15) is 0 Å². The second-order valence-electron chi connectivity index (χ2n) is 7.20. The number of carbonyl (C=O) groups is 2. The van der Waals surface area contributed by atoms with Gasteiger partial charge in [-0.3, -0.25) is 14.2 Å². The Bertz CT molecular complexity index is 644. The van der Waals surface area contributed by atoms with Gasteiger partial charge in [0, 0.05) is 35.8 Å². The van der Waals surface area contributed by atoms with Crippen molar-refractivity contribution in [3.05, 3.63) is 22.5 Å². The number of ketones is 1. The summed E-state index contributed by atoms with van der Waals surface area (Å²) < 4.78 is 1.88. The van der Waals surface area contributed by atoms with E-state index in [2.05, 4.69) is 18.9 Å². The van der Waals surface area contributed by atoms with Crippen molar-refractivity contribution in [3.63, 3.8) is 0 Å². The van der Waals surface area contributed by atoms with Crippen molar-refractivity contribution in [2.45, 2.75) is 52.9 Å². The van der Waals surface area contributed by atoms with Gasteiger partial charge in [-0.15, -0.1) is 0 Å². The molecule has 1 aromatic heterocycles. The Morgan fingerprint density at radius 1 is 1.30 bits per heavy atom. The van der Waals surface area contributed by atoms with E-state index in [0.717, 1.165) is 61.3 Å². The molecule has 2 aliphatic rings. The van der Waals surface area contributed by atoms with Crippen molar-refractivity contribution < 1.29 is 9.59 Å². The molecule has 0 aromatic carbocycles. The number of piperidine rings is 1. The van der Waals surface area contributed by atoms with E-state index < -0.39 is 0 Å². The number of Topliss-reactive ketones (excluding diaryl/α,β-unsaturated/α-hetero) is 1. The largest absolute Gasteiger partial charge is 0.306 e. The molecule has 126 valence electrons. The van der Waals surface area contributed by atoms with E-state index in [4.69, 9.17) is 0 Å². The van der Waals surface area contributed by atoms with Crippen LogP contribution < -0.4 is 0 Å². The number of hydrogen-bond donors (Lipinski definition) is 0. The number of rotatable bonds is 3. The first-order valence-electron chi connectivity index (χ1n) is 8.98. The number of aromatic nitrogens is 1. The predicted octanol–water partition coefficient (Wildman–Crippen LogP) is 3.11. The van der Waals surface area contributed by atoms with Gasteiger partial charge < -0.3 is 4.90 Å². The minimum atomic E-state index is 0.114. The summed E-state index contributed by atoms with van der Waals surface area (Å²) in [7, 11) is 2.10. The molecule has 0 amide bonds. The number of carbonyl (C=O) groups excluding carboxylic acids is 2. The van der Waals surface area contributed by atoms with Gasteiger partial charge in [-0.05, 0) is 57.7 Å². The molecule has 2 heterocycles. The third-order valence-corrected chi connectivity index (χ3v) is 5.70. The van der Waals surface area contributed by atoms with Gasteiger partial charge in [-0.2, -0.15) is 0 Å². The standard InChI is InChI=1S/C19H28N2O2/c1-5-7-17(22)21-12(3)14(6-2)18-16(21)10-13-8-9-20(4)11-15(13)19(18)23/h13,15H,5-11H2,1-4H3. The lowest BCUT2D eigenvalue weighted by atomic mass is 9.72. The van der Waals surface area contributed by atoms with Crippen molar-refractivity contribution in [3.8, 4) is 0 Å². The van der Waals surface area contributed by atoms with Crippen molar-refractivity contribution in [2.75, 3.05) is 20.1 Å². The first-order valence-corrected chi connectivity index (χ1v) is 8.98. The van der Waals surface area contributed by atoms with Crippen LogP contribution in [0.25, 0.3) is 0 Å². The fraction of sp³-hybridized carbons (Fsp3) is 0.684. The van der Waals surface area contributed by atoms with Crippen molar-refractivity contribution in [1.29, 1.82) is 0 Å². The first kappa shape index (κ1) is 16.4. The zero-order valence-electron chi connectivity index (χ0n) is 14.8. The molecule has 0 saturated carbocycles. The molecule has 23 heavy (non-hydrogen) atoms. The van der Waals surface area contributed by atoms with Crippen LogP contribution in [0.2, 0.25) is 0 Å². The Morgan fingerprint density at radius 2 is 2.04 bits per heavy atom. The quantitative estimate of drug-likeness (QED) is 0.860. The van der Waals surface area contributed by atoms with Crippen LogP contribution >= 0.6 is 0 Å². The van der Waals surface area contributed by atoms with E-state index in [1.807, 2.05) is 18.4 Å². The maximum atomic E-state index is 13.2. The lowest BCUT2D eigenvalue weighted by molar-refractivity contribution is 0.0700. The third-order valence-electron chi connectivity index (χ3n) is 5.70. The molecule has 4 nitrogen and oxygen atoms in total. The molecular formula is C19H28N2O2. The minimum absolute atomic E-state index is 0.114. The summed E-state index contributed by atoms with van der Waals surface area (Å²) in [6, 6.07) is 0. The molecule has 4 heteroatoms. The molecule has 0 radical (unpaired) electrons. The lowest BCUT2D eigenvalue weighted by Crippen LogP contribution is -2.45. The van der Waals surface area contributed by atoms with Gasteiger partial charge >= 0.3 is 0 Å². The summed E-state index contributed by atoms with van der Waals surface area (Å²) in [5.41, 5.74) is 3.98. The Balaban J connectivity index is 2.10. The van der Waals surface area contributed by atoms with Crippen molar-refractivity contribution in [1.82, 2.24) is 9.47 Å². The molecule has 2 unspecified atom stereocenters. The second-order valence-corrected chi connectivity index (χ2v) is 7.20. The molecule has 2 atom stereocenters. The topological polar surface area (TPSA) is 42.3 Å². The van der Waals surface area contributed by atoms with Crippen LogP contribution in [0.5, 0.6) is 0 Å². The summed E-state index contributed by atoms with van der Waals surface area (Å²) in [4.78, 5) is 28.1. The Morgan fingerprint density at radius 3 is 2.70 bits per heavy atom. The summed E-state index contributed by atoms with van der Waals surface area (Å²) in [6.45, 7) is 8.03. The Labute approximate surface area is 138 Å². The molecular weight excluding hydrogens is 288 g/mol. The normalized spacial score (nSPS) is 24.4. The fourth-order valence-electron chi connectivity index (χ4n) is 4.52. The van der Waals surface area contributed by atoms with Gasteiger partial charge in [0.2, 0.25) is 5.91 Å². The van der Waals surface area contributed by atoms with Crippen molar-refractivity contribution in [2.24, 2.45) is 11.8 Å². The number of hydrogen-bond acceptors (Lipinski definition) is 3. The van der Waals surface area contributed by atoms with Crippen LogP contribution in [0.4, 0.5) is 0 Å². The van der Waals surface area contributed by atoms with E-state index in [-0.39, 0.29) is 17.6 Å². The van der Waals surface area contributed by atoms with E-state index in [0.29, 0.717) is 12.3 Å². The monoisotopic (exact) mass is 316 g/mol. The molecule has 0 bridgehead atoms.